The first-order valence-corrected chi connectivity index (χ1v) is 21.4. The third kappa shape index (κ3) is 19.7. The summed E-state index contributed by atoms with van der Waals surface area (Å²) in [5.41, 5.74) is 0.978. The first-order chi connectivity index (χ1) is 30.9. The van der Waals surface area contributed by atoms with Crippen LogP contribution >= 0.6 is 0 Å². The van der Waals surface area contributed by atoms with Crippen molar-refractivity contribution in [3.63, 3.8) is 0 Å². The summed E-state index contributed by atoms with van der Waals surface area (Å²) in [6, 6.07) is 10.4. The van der Waals surface area contributed by atoms with Crippen molar-refractivity contribution >= 4 is 41.5 Å². The van der Waals surface area contributed by atoms with E-state index in [9.17, 15) is 28.8 Å². The van der Waals surface area contributed by atoms with Crippen LogP contribution in [0.15, 0.2) is 42.5 Å². The summed E-state index contributed by atoms with van der Waals surface area (Å²) < 4.78 is 55.1. The monoisotopic (exact) mass is 887 g/mol. The van der Waals surface area contributed by atoms with Crippen LogP contribution < -0.4 is 15.4 Å². The van der Waals surface area contributed by atoms with Gasteiger partial charge in [0.05, 0.1) is 129 Å². The highest BCUT2D eigenvalue weighted by atomic mass is 16.6. The van der Waals surface area contributed by atoms with E-state index in [-0.39, 0.29) is 42.0 Å². The number of unbranched alkanes of at least 4 members (excludes halogenated alkanes) is 2. The Morgan fingerprint density at radius 2 is 1.10 bits per heavy atom. The Morgan fingerprint density at radius 1 is 0.603 bits per heavy atom. The van der Waals surface area contributed by atoms with Gasteiger partial charge in [0.2, 0.25) is 17.7 Å². The molecule has 2 N–H and O–H groups in total. The lowest BCUT2D eigenvalue weighted by Crippen LogP contribution is -2.54. The lowest BCUT2D eigenvalue weighted by atomic mass is 10.0. The average molecular weight is 888 g/mol. The van der Waals surface area contributed by atoms with Gasteiger partial charge in [-0.3, -0.25) is 39.0 Å². The van der Waals surface area contributed by atoms with Gasteiger partial charge in [0, 0.05) is 25.0 Å². The highest BCUT2D eigenvalue weighted by molar-refractivity contribution is 6.26. The van der Waals surface area contributed by atoms with Crippen LogP contribution in [0.25, 0.3) is 0 Å². The minimum atomic E-state index is -1.08. The molecule has 0 aromatic heterocycles. The van der Waals surface area contributed by atoms with Gasteiger partial charge < -0.3 is 52.7 Å². The molecular formula is C44H61N3O16. The van der Waals surface area contributed by atoms with Crippen LogP contribution in [0.1, 0.15) is 69.6 Å². The van der Waals surface area contributed by atoms with E-state index in [0.29, 0.717) is 143 Å². The first-order valence-electron chi connectivity index (χ1n) is 21.4. The molecule has 0 aliphatic carbocycles. The molecule has 4 rings (SSSR count). The van der Waals surface area contributed by atoms with Crippen molar-refractivity contribution in [1.82, 2.24) is 10.2 Å². The first kappa shape index (κ1) is 50.9. The van der Waals surface area contributed by atoms with Crippen molar-refractivity contribution in [1.29, 1.82) is 0 Å². The number of nitrogens with one attached hydrogen (secondary N) is 2. The molecule has 1 fully saturated rings. The zero-order chi connectivity index (χ0) is 44.7. The molecule has 1 atom stereocenters. The summed E-state index contributed by atoms with van der Waals surface area (Å²) in [4.78, 5) is 74.3. The van der Waals surface area contributed by atoms with Crippen LogP contribution in [-0.2, 0) is 57.0 Å². The number of carbonyl (C=O) groups is 6. The Hall–Kier alpha value is -4.70. The number of hydrogen-bond donors (Lipinski definition) is 2. The maximum Gasteiger partial charge on any atom is 0.264 e. The van der Waals surface area contributed by atoms with Crippen molar-refractivity contribution in [2.75, 3.05) is 131 Å². The van der Waals surface area contributed by atoms with Crippen LogP contribution in [0, 0.1) is 0 Å². The van der Waals surface area contributed by atoms with Gasteiger partial charge in [0.25, 0.3) is 11.8 Å². The molecule has 0 radical (unpaired) electrons. The molecule has 0 bridgehead atoms. The fraction of sp³-hybridized carbons (Fsp3) is 0.591. The summed E-state index contributed by atoms with van der Waals surface area (Å²) in [6.07, 6.45) is 3.21. The smallest absolute Gasteiger partial charge is 0.264 e. The van der Waals surface area contributed by atoms with Crippen molar-refractivity contribution in [2.24, 2.45) is 0 Å². The molecule has 0 saturated carbocycles. The van der Waals surface area contributed by atoms with Gasteiger partial charge in [0.1, 0.15) is 24.7 Å². The van der Waals surface area contributed by atoms with Gasteiger partial charge in [-0.15, -0.1) is 0 Å². The number of hydrogen-bond acceptors (Lipinski definition) is 16. The molecule has 1 saturated heterocycles. The number of ether oxygens (including phenoxy) is 10. The fourth-order valence-corrected chi connectivity index (χ4v) is 6.22. The second kappa shape index (κ2) is 31.2. The standard InChI is InChI=1S/C44H61N3O16/c48-33-34-8-10-35(11-9-34)63-32-31-62-30-29-61-28-27-60-26-25-59-24-23-58-22-21-57-20-19-56-18-17-55-16-15-54-14-3-1-2-7-39(49)45-37-6-4-5-36-41(37)44(53)47(43(36)52)38-12-13-40(50)46-42(38)51/h4-6,8-11,33,38H,1-3,7,12-32H2,(H,45,49)(H,46,50,51). The number of aldehydes is 1. The number of anilines is 1. The third-order valence-corrected chi connectivity index (χ3v) is 9.42. The van der Waals surface area contributed by atoms with Crippen molar-refractivity contribution in [2.45, 2.75) is 44.6 Å². The zero-order valence-corrected chi connectivity index (χ0v) is 35.9. The molecule has 5 amide bonds. The molecule has 0 spiro atoms. The second-order valence-electron chi connectivity index (χ2n) is 14.1. The Bertz CT molecular complexity index is 1690. The molecular weight excluding hydrogens is 826 g/mol. The predicted octanol–water partition coefficient (Wildman–Crippen LogP) is 2.63. The largest absolute Gasteiger partial charge is 0.491 e. The van der Waals surface area contributed by atoms with E-state index in [4.69, 9.17) is 47.4 Å². The van der Waals surface area contributed by atoms with E-state index >= 15 is 0 Å². The highest BCUT2D eigenvalue weighted by Crippen LogP contribution is 2.32. The number of imide groups is 2. The van der Waals surface area contributed by atoms with Crippen LogP contribution in [0.3, 0.4) is 0 Å². The van der Waals surface area contributed by atoms with Gasteiger partial charge in [-0.25, -0.2) is 0 Å². The number of carbonyl (C=O) groups excluding carboxylic acids is 6. The van der Waals surface area contributed by atoms with Gasteiger partial charge in [-0.2, -0.15) is 0 Å². The van der Waals surface area contributed by atoms with Gasteiger partial charge in [-0.05, 0) is 55.7 Å². The van der Waals surface area contributed by atoms with E-state index < -0.39 is 29.7 Å². The fourth-order valence-electron chi connectivity index (χ4n) is 6.22. The molecule has 63 heavy (non-hydrogen) atoms. The molecule has 19 heteroatoms. The lowest BCUT2D eigenvalue weighted by molar-refractivity contribution is -0.136. The summed E-state index contributed by atoms with van der Waals surface area (Å²) in [5.74, 6) is -2.04. The van der Waals surface area contributed by atoms with E-state index in [1.54, 1.807) is 36.4 Å². The topological polar surface area (TPSA) is 222 Å². The molecule has 1 unspecified atom stereocenters. The van der Waals surface area contributed by atoms with Gasteiger partial charge >= 0.3 is 0 Å². The van der Waals surface area contributed by atoms with E-state index in [2.05, 4.69) is 10.6 Å². The van der Waals surface area contributed by atoms with Gasteiger partial charge in [-0.1, -0.05) is 12.5 Å². The van der Waals surface area contributed by atoms with Crippen LogP contribution in [0.4, 0.5) is 5.69 Å². The number of rotatable bonds is 37. The quantitative estimate of drug-likeness (QED) is 0.0566. The zero-order valence-electron chi connectivity index (χ0n) is 35.9. The molecule has 2 heterocycles. The van der Waals surface area contributed by atoms with E-state index in [0.717, 1.165) is 24.0 Å². The minimum absolute atomic E-state index is 0.0252. The normalized spacial score (nSPS) is 14.9. The Morgan fingerprint density at radius 3 is 1.59 bits per heavy atom. The van der Waals surface area contributed by atoms with Crippen molar-refractivity contribution < 1.29 is 76.1 Å². The Balaban J connectivity index is 0.823. The lowest BCUT2D eigenvalue weighted by Gasteiger charge is -2.27. The van der Waals surface area contributed by atoms with Crippen molar-refractivity contribution in [3.8, 4) is 5.75 Å². The predicted molar refractivity (Wildman–Crippen MR) is 225 cm³/mol. The van der Waals surface area contributed by atoms with Gasteiger partial charge in [0.15, 0.2) is 0 Å². The molecule has 2 aromatic carbocycles. The molecule has 19 nitrogen and oxygen atoms in total. The molecule has 2 aromatic rings. The number of piperidine rings is 1. The number of amides is 5. The minimum Gasteiger partial charge on any atom is -0.491 e. The summed E-state index contributed by atoms with van der Waals surface area (Å²) in [6.45, 7) is 8.70. The number of benzene rings is 2. The summed E-state index contributed by atoms with van der Waals surface area (Å²) in [5, 5.41) is 4.90. The molecule has 2 aliphatic rings. The summed E-state index contributed by atoms with van der Waals surface area (Å²) in [7, 11) is 0. The third-order valence-electron chi connectivity index (χ3n) is 9.42. The Kier molecular flexibility index (Phi) is 25.2. The van der Waals surface area contributed by atoms with E-state index in [1.807, 2.05) is 0 Å². The summed E-state index contributed by atoms with van der Waals surface area (Å²) >= 11 is 0. The SMILES string of the molecule is O=Cc1ccc(OCCOCCOCCOCCOCCOCCOCCOCCOCCOCCCCCC(=O)Nc2cccc3c2C(=O)N(C2CCC(=O)NC2=O)C3=O)cc1. The highest BCUT2D eigenvalue weighted by Gasteiger charge is 2.45. The maximum absolute atomic E-state index is 13.2. The number of nitrogens with zero attached hydrogens (tertiary/aromatic N) is 1. The average Bonchev–Trinajstić information content (AvgIpc) is 3.54. The van der Waals surface area contributed by atoms with Crippen LogP contribution in [0.5, 0.6) is 5.75 Å². The maximum atomic E-state index is 13.2. The van der Waals surface area contributed by atoms with Crippen LogP contribution in [0.2, 0.25) is 0 Å². The van der Waals surface area contributed by atoms with Crippen molar-refractivity contribution in [3.05, 3.63) is 59.2 Å². The van der Waals surface area contributed by atoms with Crippen LogP contribution in [-0.4, -0.2) is 172 Å². The number of fused-ring (bicyclic) bond motifs is 1. The van der Waals surface area contributed by atoms with E-state index in [1.165, 1.54) is 6.07 Å². The molecule has 2 aliphatic heterocycles. The Labute approximate surface area is 367 Å². The molecule has 348 valence electrons. The second-order valence-corrected chi connectivity index (χ2v) is 14.1.